The molecule has 32 heavy (non-hydrogen) atoms. The highest BCUT2D eigenvalue weighted by Crippen LogP contribution is 2.32. The summed E-state index contributed by atoms with van der Waals surface area (Å²) in [6.07, 6.45) is 0.105. The molecule has 0 fully saturated rings. The van der Waals surface area contributed by atoms with Gasteiger partial charge in [0.15, 0.2) is 0 Å². The molecule has 0 saturated carbocycles. The molecule has 1 aromatic carbocycles. The number of esters is 3. The molecule has 1 aromatic rings. The van der Waals surface area contributed by atoms with Crippen molar-refractivity contribution < 1.29 is 33.3 Å². The number of hydrogen-bond donors (Lipinski definition) is 1. The van der Waals surface area contributed by atoms with Gasteiger partial charge in [-0.2, -0.15) is 0 Å². The number of fused-ring (bicyclic) bond motifs is 1. The third-order valence-electron chi connectivity index (χ3n) is 4.89. The van der Waals surface area contributed by atoms with E-state index in [1.165, 1.54) is 13.2 Å². The second-order valence-electron chi connectivity index (χ2n) is 8.67. The molecular weight excluding hydrogens is 550 g/mol. The molecule has 0 aromatic heterocycles. The summed E-state index contributed by atoms with van der Waals surface area (Å²) >= 11 is 6.49. The zero-order valence-corrected chi connectivity index (χ0v) is 22.0. The van der Waals surface area contributed by atoms with Crippen LogP contribution in [0.5, 0.6) is 5.75 Å². The van der Waals surface area contributed by atoms with Gasteiger partial charge in [-0.3, -0.25) is 4.79 Å². The van der Waals surface area contributed by atoms with Crippen molar-refractivity contribution in [2.45, 2.75) is 62.7 Å². The first-order chi connectivity index (χ1) is 14.9. The highest BCUT2D eigenvalue weighted by Gasteiger charge is 2.35. The molecule has 0 radical (unpaired) electrons. The molecule has 1 N–H and O–H groups in total. The third-order valence-corrected chi connectivity index (χ3v) is 7.10. The van der Waals surface area contributed by atoms with Crippen LogP contribution < -0.4 is 10.1 Å². The van der Waals surface area contributed by atoms with Crippen molar-refractivity contribution in [3.05, 3.63) is 23.8 Å². The Morgan fingerprint density at radius 2 is 1.78 bits per heavy atom. The van der Waals surface area contributed by atoms with E-state index in [1.807, 2.05) is 13.8 Å². The van der Waals surface area contributed by atoms with Crippen LogP contribution in [0.15, 0.2) is 18.2 Å². The molecule has 2 atom stereocenters. The predicted octanol–water partition coefficient (Wildman–Crippen LogP) is 4.23. The molecular formula is C22H29Br2NO7. The monoisotopic (exact) mass is 577 g/mol. The average molecular weight is 579 g/mol. The summed E-state index contributed by atoms with van der Waals surface area (Å²) in [5, 5.41) is 3.56. The van der Waals surface area contributed by atoms with E-state index < -0.39 is 34.1 Å². The third kappa shape index (κ3) is 7.37. The minimum atomic E-state index is -0.867. The number of methoxy groups -OCH3 is 1. The van der Waals surface area contributed by atoms with Crippen molar-refractivity contribution in [2.75, 3.05) is 24.3 Å². The highest BCUT2D eigenvalue weighted by molar-refractivity contribution is 9.12. The van der Waals surface area contributed by atoms with E-state index in [4.69, 9.17) is 18.9 Å². The van der Waals surface area contributed by atoms with Gasteiger partial charge in [0.2, 0.25) is 6.10 Å². The number of alkyl halides is 2. The van der Waals surface area contributed by atoms with E-state index in [-0.39, 0.29) is 12.5 Å². The fourth-order valence-corrected chi connectivity index (χ4v) is 3.34. The molecule has 2 rings (SSSR count). The van der Waals surface area contributed by atoms with Gasteiger partial charge >= 0.3 is 17.9 Å². The number of rotatable bonds is 9. The fraction of sp³-hybridized carbons (Fsp3) is 0.591. The molecule has 2 unspecified atom stereocenters. The highest BCUT2D eigenvalue weighted by atomic mass is 79.9. The van der Waals surface area contributed by atoms with Gasteiger partial charge in [-0.25, -0.2) is 9.59 Å². The summed E-state index contributed by atoms with van der Waals surface area (Å²) in [7, 11) is 1.30. The van der Waals surface area contributed by atoms with Gasteiger partial charge in [0.25, 0.3) is 0 Å². The Morgan fingerprint density at radius 1 is 1.16 bits per heavy atom. The number of halogens is 2. The lowest BCUT2D eigenvalue weighted by Gasteiger charge is -2.33. The second-order valence-corrected chi connectivity index (χ2v) is 10.4. The van der Waals surface area contributed by atoms with Gasteiger partial charge in [0.1, 0.15) is 21.8 Å². The van der Waals surface area contributed by atoms with E-state index in [9.17, 15) is 14.4 Å². The standard InChI is InChI=1S/C22H29Br2NO7/c1-21(2,31-19(27)14(24)11-23)8-9-22(3,4)32-20(28)17-12-25-15-7-6-13(18(26)29-5)10-16(15)30-17/h6-7,10,14,17,25H,8-9,11-12H2,1-5H3. The summed E-state index contributed by atoms with van der Waals surface area (Å²) in [4.78, 5) is 36.1. The molecule has 178 valence electrons. The Kier molecular flexibility index (Phi) is 8.98. The number of benzene rings is 1. The van der Waals surface area contributed by atoms with Crippen LogP contribution in [0.2, 0.25) is 0 Å². The van der Waals surface area contributed by atoms with Crippen LogP contribution in [0.4, 0.5) is 5.69 Å². The maximum atomic E-state index is 12.8. The lowest BCUT2D eigenvalue weighted by atomic mass is 9.93. The van der Waals surface area contributed by atoms with Crippen molar-refractivity contribution in [2.24, 2.45) is 0 Å². The molecule has 0 aliphatic carbocycles. The quantitative estimate of drug-likeness (QED) is 0.264. The molecule has 1 heterocycles. The van der Waals surface area contributed by atoms with Gasteiger partial charge in [-0.05, 0) is 58.7 Å². The maximum Gasteiger partial charge on any atom is 0.349 e. The lowest BCUT2D eigenvalue weighted by Crippen LogP contribution is -2.43. The van der Waals surface area contributed by atoms with Gasteiger partial charge < -0.3 is 24.3 Å². The predicted molar refractivity (Wildman–Crippen MR) is 127 cm³/mol. The van der Waals surface area contributed by atoms with Gasteiger partial charge in [0.05, 0.1) is 24.9 Å². The number of ether oxygens (including phenoxy) is 4. The molecule has 0 saturated heterocycles. The van der Waals surface area contributed by atoms with E-state index >= 15 is 0 Å². The largest absolute Gasteiger partial charge is 0.475 e. The molecule has 0 bridgehead atoms. The summed E-state index contributed by atoms with van der Waals surface area (Å²) in [6, 6.07) is 4.84. The molecule has 8 nitrogen and oxygen atoms in total. The average Bonchev–Trinajstić information content (AvgIpc) is 2.75. The van der Waals surface area contributed by atoms with Gasteiger partial charge in [0, 0.05) is 5.33 Å². The van der Waals surface area contributed by atoms with Crippen LogP contribution in [0, 0.1) is 0 Å². The Morgan fingerprint density at radius 3 is 2.38 bits per heavy atom. The maximum absolute atomic E-state index is 12.8. The van der Waals surface area contributed by atoms with E-state index in [2.05, 4.69) is 37.2 Å². The Labute approximate surface area is 204 Å². The summed E-state index contributed by atoms with van der Waals surface area (Å²) < 4.78 is 21.8. The first-order valence-corrected chi connectivity index (χ1v) is 12.2. The second kappa shape index (κ2) is 10.9. The Bertz CT molecular complexity index is 857. The fourth-order valence-electron chi connectivity index (χ4n) is 2.98. The lowest BCUT2D eigenvalue weighted by molar-refractivity contribution is -0.168. The first kappa shape index (κ1) is 26.4. The number of hydrogen-bond acceptors (Lipinski definition) is 8. The summed E-state index contributed by atoms with van der Waals surface area (Å²) in [5.74, 6) is -0.990. The number of carbonyl (C=O) groups is 3. The van der Waals surface area contributed by atoms with Crippen LogP contribution >= 0.6 is 31.9 Å². The normalized spacial score (nSPS) is 16.7. The van der Waals surface area contributed by atoms with E-state index in [0.29, 0.717) is 35.2 Å². The van der Waals surface area contributed by atoms with Crippen molar-refractivity contribution >= 4 is 55.5 Å². The van der Waals surface area contributed by atoms with Crippen molar-refractivity contribution in [1.29, 1.82) is 0 Å². The summed E-state index contributed by atoms with van der Waals surface area (Å²) in [6.45, 7) is 7.48. The zero-order chi connectivity index (χ0) is 24.1. The van der Waals surface area contributed by atoms with Crippen LogP contribution in [-0.2, 0) is 23.8 Å². The van der Waals surface area contributed by atoms with Gasteiger partial charge in [-0.15, -0.1) is 0 Å². The first-order valence-electron chi connectivity index (χ1n) is 10.2. The van der Waals surface area contributed by atoms with Crippen LogP contribution in [0.1, 0.15) is 50.9 Å². The molecule has 0 spiro atoms. The molecule has 10 heteroatoms. The molecule has 0 amide bonds. The van der Waals surface area contributed by atoms with E-state index in [0.717, 1.165) is 0 Å². The van der Waals surface area contributed by atoms with Crippen LogP contribution in [0.25, 0.3) is 0 Å². The van der Waals surface area contributed by atoms with Crippen molar-refractivity contribution in [3.8, 4) is 5.75 Å². The van der Waals surface area contributed by atoms with Crippen LogP contribution in [-0.4, -0.2) is 59.0 Å². The SMILES string of the molecule is COC(=O)c1ccc2c(c1)OC(C(=O)OC(C)(C)CCC(C)(C)OC(=O)C(Br)CBr)CN2. The van der Waals surface area contributed by atoms with Crippen molar-refractivity contribution in [3.63, 3.8) is 0 Å². The van der Waals surface area contributed by atoms with Crippen LogP contribution in [0.3, 0.4) is 0 Å². The molecule has 1 aliphatic rings. The minimum absolute atomic E-state index is 0.238. The number of anilines is 1. The summed E-state index contributed by atoms with van der Waals surface area (Å²) in [5.41, 5.74) is -0.523. The topological polar surface area (TPSA) is 100 Å². The van der Waals surface area contributed by atoms with Crippen molar-refractivity contribution in [1.82, 2.24) is 0 Å². The smallest absolute Gasteiger partial charge is 0.349 e. The van der Waals surface area contributed by atoms with Gasteiger partial charge in [-0.1, -0.05) is 31.9 Å². The minimum Gasteiger partial charge on any atom is -0.475 e. The Hall–Kier alpha value is -1.81. The molecule has 1 aliphatic heterocycles. The number of nitrogens with one attached hydrogen (secondary N) is 1. The number of carbonyl (C=O) groups excluding carboxylic acids is 3. The van der Waals surface area contributed by atoms with E-state index in [1.54, 1.807) is 26.0 Å². The zero-order valence-electron chi connectivity index (χ0n) is 18.8. The Balaban J connectivity index is 1.95.